The molecule has 0 aliphatic rings. The molecule has 0 saturated carbocycles. The molecule has 6 nitrogen and oxygen atoms in total. The summed E-state index contributed by atoms with van der Waals surface area (Å²) in [5.41, 5.74) is 0.727. The van der Waals surface area contributed by atoms with E-state index in [1.54, 1.807) is 42.2 Å². The van der Waals surface area contributed by atoms with Crippen molar-refractivity contribution in [3.05, 3.63) is 87.2 Å². The Labute approximate surface area is 148 Å². The summed E-state index contributed by atoms with van der Waals surface area (Å²) in [4.78, 5) is 14.6. The summed E-state index contributed by atoms with van der Waals surface area (Å²) in [5.74, 6) is 0.195. The van der Waals surface area contributed by atoms with Crippen molar-refractivity contribution in [2.24, 2.45) is 7.05 Å². The molecule has 3 rings (SSSR count). The van der Waals surface area contributed by atoms with Crippen molar-refractivity contribution in [3.63, 3.8) is 0 Å². The van der Waals surface area contributed by atoms with E-state index in [1.165, 1.54) is 24.3 Å². The van der Waals surface area contributed by atoms with Gasteiger partial charge in [0, 0.05) is 37.1 Å². The average molecular weight is 361 g/mol. The fourth-order valence-electron chi connectivity index (χ4n) is 2.54. The highest BCUT2D eigenvalue weighted by molar-refractivity contribution is 6.33. The zero-order chi connectivity index (χ0) is 18.0. The van der Waals surface area contributed by atoms with E-state index in [0.717, 1.165) is 0 Å². The highest BCUT2D eigenvalue weighted by Gasteiger charge is 2.22. The molecule has 0 saturated heterocycles. The predicted molar refractivity (Wildman–Crippen MR) is 93.2 cm³/mol. The molecule has 128 valence electrons. The van der Waals surface area contributed by atoms with E-state index in [4.69, 9.17) is 11.6 Å². The minimum atomic E-state index is -0.611. The van der Waals surface area contributed by atoms with E-state index in [9.17, 15) is 14.5 Å². The van der Waals surface area contributed by atoms with Crippen LogP contribution in [-0.2, 0) is 7.05 Å². The Balaban J connectivity index is 2.04. The van der Waals surface area contributed by atoms with Gasteiger partial charge in [-0.1, -0.05) is 29.8 Å². The fourth-order valence-corrected chi connectivity index (χ4v) is 2.77. The number of nitrogens with one attached hydrogen (secondary N) is 1. The van der Waals surface area contributed by atoms with Crippen LogP contribution in [0.5, 0.6) is 0 Å². The molecule has 0 spiro atoms. The van der Waals surface area contributed by atoms with Crippen molar-refractivity contribution in [2.75, 3.05) is 5.32 Å². The maximum absolute atomic E-state index is 14.3. The summed E-state index contributed by atoms with van der Waals surface area (Å²) in [6, 6.07) is 9.83. The first kappa shape index (κ1) is 16.9. The van der Waals surface area contributed by atoms with Crippen LogP contribution in [0.3, 0.4) is 0 Å². The number of rotatable bonds is 5. The van der Waals surface area contributed by atoms with E-state index in [2.05, 4.69) is 10.3 Å². The van der Waals surface area contributed by atoms with Gasteiger partial charge in [0.05, 0.1) is 15.6 Å². The molecule has 0 aliphatic heterocycles. The molecule has 0 radical (unpaired) electrons. The van der Waals surface area contributed by atoms with Crippen molar-refractivity contribution in [2.45, 2.75) is 6.04 Å². The molecule has 8 heteroatoms. The van der Waals surface area contributed by atoms with Gasteiger partial charge in [-0.3, -0.25) is 10.1 Å². The molecule has 0 fully saturated rings. The van der Waals surface area contributed by atoms with E-state index < -0.39 is 11.0 Å². The van der Waals surface area contributed by atoms with E-state index in [-0.39, 0.29) is 16.5 Å². The molecule has 0 amide bonds. The molecular formula is C17H14ClFN4O2. The number of non-ortho nitro benzene ring substituents is 1. The van der Waals surface area contributed by atoms with Crippen LogP contribution in [0.15, 0.2) is 54.9 Å². The lowest BCUT2D eigenvalue weighted by Crippen LogP contribution is -2.18. The van der Waals surface area contributed by atoms with Gasteiger partial charge in [0.1, 0.15) is 17.7 Å². The summed E-state index contributed by atoms with van der Waals surface area (Å²) in [6.07, 6.45) is 3.37. The van der Waals surface area contributed by atoms with Gasteiger partial charge < -0.3 is 9.88 Å². The summed E-state index contributed by atoms with van der Waals surface area (Å²) < 4.78 is 16.1. The number of nitro benzene ring substituents is 1. The number of nitro groups is 1. The van der Waals surface area contributed by atoms with Crippen LogP contribution >= 0.6 is 11.6 Å². The maximum atomic E-state index is 14.3. The largest absolute Gasteiger partial charge is 0.370 e. The van der Waals surface area contributed by atoms with Gasteiger partial charge in [-0.2, -0.15) is 0 Å². The first-order chi connectivity index (χ1) is 12.0. The van der Waals surface area contributed by atoms with Gasteiger partial charge in [0.15, 0.2) is 0 Å². The predicted octanol–water partition coefficient (Wildman–Crippen LogP) is 4.32. The van der Waals surface area contributed by atoms with Crippen LogP contribution in [0.25, 0.3) is 0 Å². The average Bonchev–Trinajstić information content (AvgIpc) is 3.00. The third-order valence-electron chi connectivity index (χ3n) is 3.80. The normalized spacial score (nSPS) is 12.0. The Morgan fingerprint density at radius 1 is 1.32 bits per heavy atom. The van der Waals surface area contributed by atoms with E-state index in [0.29, 0.717) is 17.1 Å². The van der Waals surface area contributed by atoms with Crippen molar-refractivity contribution >= 4 is 23.0 Å². The fraction of sp³-hybridized carbons (Fsp3) is 0.118. The first-order valence-corrected chi connectivity index (χ1v) is 7.77. The van der Waals surface area contributed by atoms with Crippen molar-refractivity contribution in [1.82, 2.24) is 9.55 Å². The number of hydrogen-bond acceptors (Lipinski definition) is 4. The molecule has 1 heterocycles. The number of aromatic nitrogens is 2. The Hall–Kier alpha value is -2.93. The van der Waals surface area contributed by atoms with E-state index >= 15 is 0 Å². The molecule has 25 heavy (non-hydrogen) atoms. The Kier molecular flexibility index (Phi) is 4.67. The SMILES string of the molecule is Cn1ccnc1C(Nc1ccc([N+](=O)[O-])cc1Cl)c1ccccc1F. The van der Waals surface area contributed by atoms with Gasteiger partial charge in [-0.05, 0) is 12.1 Å². The highest BCUT2D eigenvalue weighted by atomic mass is 35.5. The van der Waals surface area contributed by atoms with Gasteiger partial charge in [0.25, 0.3) is 5.69 Å². The van der Waals surface area contributed by atoms with Crippen LogP contribution in [0, 0.1) is 15.9 Å². The number of nitrogens with zero attached hydrogens (tertiary/aromatic N) is 3. The minimum absolute atomic E-state index is 0.116. The summed E-state index contributed by atoms with van der Waals surface area (Å²) in [5, 5.41) is 14.2. The molecule has 1 N–H and O–H groups in total. The first-order valence-electron chi connectivity index (χ1n) is 7.39. The lowest BCUT2D eigenvalue weighted by Gasteiger charge is -2.21. The summed E-state index contributed by atoms with van der Waals surface area (Å²) in [7, 11) is 1.80. The minimum Gasteiger partial charge on any atom is -0.370 e. The zero-order valence-corrected chi connectivity index (χ0v) is 13.9. The number of aryl methyl sites for hydroxylation is 1. The molecule has 1 aromatic heterocycles. The van der Waals surface area contributed by atoms with Crippen LogP contribution in [0.4, 0.5) is 15.8 Å². The van der Waals surface area contributed by atoms with Gasteiger partial charge in [-0.25, -0.2) is 9.37 Å². The molecule has 0 aliphatic carbocycles. The molecule has 0 bridgehead atoms. The second kappa shape index (κ2) is 6.90. The second-order valence-electron chi connectivity index (χ2n) is 5.42. The smallest absolute Gasteiger partial charge is 0.271 e. The van der Waals surface area contributed by atoms with Gasteiger partial charge >= 0.3 is 0 Å². The summed E-state index contributed by atoms with van der Waals surface area (Å²) in [6.45, 7) is 0. The number of benzene rings is 2. The maximum Gasteiger partial charge on any atom is 0.271 e. The lowest BCUT2D eigenvalue weighted by molar-refractivity contribution is -0.384. The second-order valence-corrected chi connectivity index (χ2v) is 5.82. The third kappa shape index (κ3) is 3.46. The Morgan fingerprint density at radius 2 is 2.08 bits per heavy atom. The Morgan fingerprint density at radius 3 is 2.68 bits per heavy atom. The van der Waals surface area contributed by atoms with Gasteiger partial charge in [-0.15, -0.1) is 0 Å². The topological polar surface area (TPSA) is 73.0 Å². The van der Waals surface area contributed by atoms with Crippen molar-refractivity contribution in [1.29, 1.82) is 0 Å². The van der Waals surface area contributed by atoms with Crippen LogP contribution in [0.1, 0.15) is 17.4 Å². The third-order valence-corrected chi connectivity index (χ3v) is 4.11. The van der Waals surface area contributed by atoms with Crippen molar-refractivity contribution < 1.29 is 9.31 Å². The van der Waals surface area contributed by atoms with E-state index in [1.807, 2.05) is 0 Å². The van der Waals surface area contributed by atoms with Crippen LogP contribution < -0.4 is 5.32 Å². The molecule has 1 atom stereocenters. The standard InChI is InChI=1S/C17H14ClFN4O2/c1-22-9-8-20-17(22)16(12-4-2-3-5-14(12)19)21-15-7-6-11(23(24)25)10-13(15)18/h2-10,16,21H,1H3. The Bertz CT molecular complexity index is 929. The number of halogens is 2. The number of imidazole rings is 1. The monoisotopic (exact) mass is 360 g/mol. The van der Waals surface area contributed by atoms with Crippen molar-refractivity contribution in [3.8, 4) is 0 Å². The zero-order valence-electron chi connectivity index (χ0n) is 13.2. The highest BCUT2D eigenvalue weighted by Crippen LogP contribution is 2.32. The van der Waals surface area contributed by atoms with Gasteiger partial charge in [0.2, 0.25) is 0 Å². The molecule has 3 aromatic rings. The van der Waals surface area contributed by atoms with Crippen LogP contribution in [0.2, 0.25) is 5.02 Å². The number of anilines is 1. The summed E-state index contributed by atoms with van der Waals surface area (Å²) >= 11 is 6.16. The molecule has 2 aromatic carbocycles. The van der Waals surface area contributed by atoms with Crippen LogP contribution in [-0.4, -0.2) is 14.5 Å². The molecular weight excluding hydrogens is 347 g/mol. The number of hydrogen-bond donors (Lipinski definition) is 1. The lowest BCUT2D eigenvalue weighted by atomic mass is 10.0. The molecule has 1 unspecified atom stereocenters. The quantitative estimate of drug-likeness (QED) is 0.543.